The monoisotopic (exact) mass is 469 g/mol. The summed E-state index contributed by atoms with van der Waals surface area (Å²) in [6.07, 6.45) is 1.33. The van der Waals surface area contributed by atoms with Gasteiger partial charge in [0.2, 0.25) is 0 Å². The first-order valence-corrected chi connectivity index (χ1v) is 10.6. The van der Waals surface area contributed by atoms with E-state index in [2.05, 4.69) is 10.6 Å². The molecule has 0 atom stereocenters. The molecule has 2 aromatic carbocycles. The SMILES string of the molecule is CC(=O)OCCNC(=O)C(=Cc1cccc([N+](=O)[O-])c1)NC(=O)c1ccc(OCC(C)C)cc1. The smallest absolute Gasteiger partial charge is 0.302 e. The third-order valence-corrected chi connectivity index (χ3v) is 4.28. The van der Waals surface area contributed by atoms with Gasteiger partial charge in [-0.2, -0.15) is 0 Å². The van der Waals surface area contributed by atoms with Crippen molar-refractivity contribution in [3.8, 4) is 5.75 Å². The Bertz CT molecular complexity index is 1060. The number of nitro groups is 1. The second-order valence-electron chi connectivity index (χ2n) is 7.69. The molecule has 0 unspecified atom stereocenters. The number of benzene rings is 2. The molecule has 2 N–H and O–H groups in total. The van der Waals surface area contributed by atoms with E-state index in [9.17, 15) is 24.5 Å². The highest BCUT2D eigenvalue weighted by Gasteiger charge is 2.16. The highest BCUT2D eigenvalue weighted by molar-refractivity contribution is 6.05. The molecule has 0 heterocycles. The van der Waals surface area contributed by atoms with Gasteiger partial charge in [0.05, 0.1) is 18.1 Å². The fourth-order valence-corrected chi connectivity index (χ4v) is 2.67. The standard InChI is InChI=1S/C24H27N3O7/c1-16(2)15-34-21-9-7-19(8-10-21)23(29)26-22(24(30)25-11-12-33-17(3)28)14-18-5-4-6-20(13-18)27(31)32/h4-10,13-14,16H,11-12,15H2,1-3H3,(H,25,30)(H,26,29). The van der Waals surface area contributed by atoms with Crippen molar-refractivity contribution in [2.45, 2.75) is 20.8 Å². The average molecular weight is 469 g/mol. The fraction of sp³-hybridized carbons (Fsp3) is 0.292. The van der Waals surface area contributed by atoms with E-state index in [0.29, 0.717) is 23.8 Å². The molecular formula is C24H27N3O7. The van der Waals surface area contributed by atoms with Gasteiger partial charge in [-0.1, -0.05) is 26.0 Å². The van der Waals surface area contributed by atoms with Gasteiger partial charge in [0.15, 0.2) is 0 Å². The zero-order chi connectivity index (χ0) is 25.1. The second-order valence-corrected chi connectivity index (χ2v) is 7.69. The first-order chi connectivity index (χ1) is 16.2. The van der Waals surface area contributed by atoms with Crippen LogP contribution in [0.25, 0.3) is 6.08 Å². The maximum Gasteiger partial charge on any atom is 0.302 e. The topological polar surface area (TPSA) is 137 Å². The highest BCUT2D eigenvalue weighted by Crippen LogP contribution is 2.17. The van der Waals surface area contributed by atoms with E-state index >= 15 is 0 Å². The summed E-state index contributed by atoms with van der Waals surface area (Å²) >= 11 is 0. The summed E-state index contributed by atoms with van der Waals surface area (Å²) in [5.41, 5.74) is 0.340. The molecule has 0 fully saturated rings. The Morgan fingerprint density at radius 2 is 1.82 bits per heavy atom. The van der Waals surface area contributed by atoms with Crippen molar-refractivity contribution in [1.29, 1.82) is 0 Å². The first kappa shape index (κ1) is 26.0. The minimum atomic E-state index is -0.649. The lowest BCUT2D eigenvalue weighted by Crippen LogP contribution is -2.36. The van der Waals surface area contributed by atoms with E-state index in [-0.39, 0.29) is 30.1 Å². The number of carbonyl (C=O) groups is 3. The van der Waals surface area contributed by atoms with Crippen molar-refractivity contribution in [2.24, 2.45) is 5.92 Å². The molecule has 0 saturated heterocycles. The molecule has 10 heteroatoms. The van der Waals surface area contributed by atoms with Crippen LogP contribution >= 0.6 is 0 Å². The Balaban J connectivity index is 2.20. The van der Waals surface area contributed by atoms with Crippen LogP contribution < -0.4 is 15.4 Å². The fourth-order valence-electron chi connectivity index (χ4n) is 2.67. The summed E-state index contributed by atoms with van der Waals surface area (Å²) < 4.78 is 10.4. The van der Waals surface area contributed by atoms with Gasteiger partial charge in [-0.3, -0.25) is 24.5 Å². The van der Waals surface area contributed by atoms with E-state index in [0.717, 1.165) is 0 Å². The van der Waals surface area contributed by atoms with Crippen LogP contribution in [0.5, 0.6) is 5.75 Å². The molecular weight excluding hydrogens is 442 g/mol. The molecule has 0 aromatic heterocycles. The van der Waals surface area contributed by atoms with Crippen LogP contribution in [-0.2, 0) is 14.3 Å². The van der Waals surface area contributed by atoms with Gasteiger partial charge in [0.25, 0.3) is 17.5 Å². The zero-order valence-electron chi connectivity index (χ0n) is 19.2. The van der Waals surface area contributed by atoms with Gasteiger partial charge < -0.3 is 20.1 Å². The molecule has 0 aliphatic rings. The van der Waals surface area contributed by atoms with Gasteiger partial charge in [-0.05, 0) is 41.8 Å². The summed E-state index contributed by atoms with van der Waals surface area (Å²) in [5, 5.41) is 16.1. The van der Waals surface area contributed by atoms with Crippen molar-refractivity contribution in [1.82, 2.24) is 10.6 Å². The number of esters is 1. The molecule has 2 aromatic rings. The van der Waals surface area contributed by atoms with Crippen molar-refractivity contribution in [2.75, 3.05) is 19.8 Å². The quantitative estimate of drug-likeness (QED) is 0.170. The molecule has 0 spiro atoms. The molecule has 180 valence electrons. The Labute approximate surface area is 197 Å². The van der Waals surface area contributed by atoms with E-state index in [1.165, 1.54) is 31.2 Å². The number of amides is 2. The predicted octanol–water partition coefficient (Wildman–Crippen LogP) is 3.08. The van der Waals surface area contributed by atoms with Gasteiger partial charge in [0.1, 0.15) is 18.1 Å². The van der Waals surface area contributed by atoms with Crippen molar-refractivity contribution in [3.63, 3.8) is 0 Å². The van der Waals surface area contributed by atoms with E-state index < -0.39 is 22.7 Å². The van der Waals surface area contributed by atoms with E-state index in [1.54, 1.807) is 30.3 Å². The molecule has 2 amide bonds. The molecule has 2 rings (SSSR count). The summed E-state index contributed by atoms with van der Waals surface area (Å²) in [6, 6.07) is 12.1. The Morgan fingerprint density at radius 1 is 1.12 bits per heavy atom. The summed E-state index contributed by atoms with van der Waals surface area (Å²) in [4.78, 5) is 46.8. The van der Waals surface area contributed by atoms with Crippen molar-refractivity contribution in [3.05, 3.63) is 75.5 Å². The third-order valence-electron chi connectivity index (χ3n) is 4.28. The molecule has 0 aliphatic carbocycles. The lowest BCUT2D eigenvalue weighted by Gasteiger charge is -2.12. The number of nitro benzene ring substituents is 1. The van der Waals surface area contributed by atoms with Crippen LogP contribution in [0, 0.1) is 16.0 Å². The van der Waals surface area contributed by atoms with Gasteiger partial charge in [-0.25, -0.2) is 0 Å². The predicted molar refractivity (Wildman–Crippen MR) is 125 cm³/mol. The lowest BCUT2D eigenvalue weighted by atomic mass is 10.1. The van der Waals surface area contributed by atoms with Crippen LogP contribution in [0.2, 0.25) is 0 Å². The zero-order valence-corrected chi connectivity index (χ0v) is 19.2. The van der Waals surface area contributed by atoms with Crippen molar-refractivity contribution >= 4 is 29.5 Å². The van der Waals surface area contributed by atoms with Crippen LogP contribution in [0.3, 0.4) is 0 Å². The number of nitrogens with one attached hydrogen (secondary N) is 2. The molecule has 0 radical (unpaired) electrons. The second kappa shape index (κ2) is 12.7. The van der Waals surface area contributed by atoms with Gasteiger partial charge in [0, 0.05) is 24.6 Å². The van der Waals surface area contributed by atoms with Crippen molar-refractivity contribution < 1.29 is 28.8 Å². The number of nitrogens with zero attached hydrogens (tertiary/aromatic N) is 1. The first-order valence-electron chi connectivity index (χ1n) is 10.6. The lowest BCUT2D eigenvalue weighted by molar-refractivity contribution is -0.384. The van der Waals surface area contributed by atoms with Crippen LogP contribution in [0.15, 0.2) is 54.2 Å². The maximum absolute atomic E-state index is 12.8. The molecule has 10 nitrogen and oxygen atoms in total. The van der Waals surface area contributed by atoms with Crippen LogP contribution in [-0.4, -0.2) is 42.5 Å². The molecule has 34 heavy (non-hydrogen) atoms. The number of rotatable bonds is 11. The van der Waals surface area contributed by atoms with Gasteiger partial charge in [-0.15, -0.1) is 0 Å². The Kier molecular flexibility index (Phi) is 9.75. The maximum atomic E-state index is 12.8. The minimum absolute atomic E-state index is 0.0163. The van der Waals surface area contributed by atoms with Crippen LogP contribution in [0.4, 0.5) is 5.69 Å². The van der Waals surface area contributed by atoms with Gasteiger partial charge >= 0.3 is 5.97 Å². The number of hydrogen-bond acceptors (Lipinski definition) is 7. The number of hydrogen-bond donors (Lipinski definition) is 2. The van der Waals surface area contributed by atoms with E-state index in [4.69, 9.17) is 9.47 Å². The minimum Gasteiger partial charge on any atom is -0.493 e. The Hall–Kier alpha value is -4.21. The average Bonchev–Trinajstić information content (AvgIpc) is 2.80. The molecule has 0 saturated carbocycles. The Morgan fingerprint density at radius 3 is 2.44 bits per heavy atom. The normalized spacial score (nSPS) is 11.0. The number of carbonyl (C=O) groups excluding carboxylic acids is 3. The molecule has 0 aliphatic heterocycles. The number of non-ortho nitro benzene ring substituents is 1. The number of ether oxygens (including phenoxy) is 2. The third kappa shape index (κ3) is 8.73. The van der Waals surface area contributed by atoms with E-state index in [1.807, 2.05) is 13.8 Å². The summed E-state index contributed by atoms with van der Waals surface area (Å²) in [6.45, 7) is 5.80. The summed E-state index contributed by atoms with van der Waals surface area (Å²) in [5.74, 6) is -0.730. The van der Waals surface area contributed by atoms with Crippen LogP contribution in [0.1, 0.15) is 36.7 Å². The largest absolute Gasteiger partial charge is 0.493 e. The summed E-state index contributed by atoms with van der Waals surface area (Å²) in [7, 11) is 0. The highest BCUT2D eigenvalue weighted by atomic mass is 16.6. The molecule has 0 bridgehead atoms.